The number of pyridine rings is 1. The van der Waals surface area contributed by atoms with Crippen molar-refractivity contribution in [2.45, 2.75) is 17.9 Å². The molecule has 0 amide bonds. The number of hydrogen-bond acceptors (Lipinski definition) is 4. The number of hydrogen-bond donors (Lipinski definition) is 1. The largest absolute Gasteiger partial charge is 0.495 e. The Hall–Kier alpha value is -1.52. The van der Waals surface area contributed by atoms with E-state index in [1.807, 2.05) is 6.07 Å². The fraction of sp³-hybridized carbons (Fsp3) is 0.267. The molecular formula is C15H17NO2S. The average Bonchev–Trinajstić information content (AvgIpc) is 2.46. The Balaban J connectivity index is 1.96. The third kappa shape index (κ3) is 3.98. The van der Waals surface area contributed by atoms with E-state index >= 15 is 0 Å². The fourth-order valence-corrected chi connectivity index (χ4v) is 2.51. The predicted octanol–water partition coefficient (Wildman–Crippen LogP) is 3.22. The van der Waals surface area contributed by atoms with Crippen molar-refractivity contribution in [1.82, 2.24) is 4.98 Å². The van der Waals surface area contributed by atoms with E-state index in [1.54, 1.807) is 31.3 Å². The van der Waals surface area contributed by atoms with E-state index in [9.17, 15) is 5.11 Å². The third-order valence-corrected chi connectivity index (χ3v) is 3.87. The van der Waals surface area contributed by atoms with Crippen molar-refractivity contribution in [1.29, 1.82) is 0 Å². The number of ether oxygens (including phenoxy) is 1. The van der Waals surface area contributed by atoms with Crippen molar-refractivity contribution in [2.24, 2.45) is 0 Å². The van der Waals surface area contributed by atoms with Gasteiger partial charge in [0, 0.05) is 22.4 Å². The zero-order chi connectivity index (χ0) is 13.7. The lowest BCUT2D eigenvalue weighted by Crippen LogP contribution is -2.01. The molecule has 1 aromatic carbocycles. The zero-order valence-corrected chi connectivity index (χ0v) is 11.9. The first-order chi connectivity index (χ1) is 9.19. The minimum atomic E-state index is -0.547. The molecule has 0 saturated heterocycles. The van der Waals surface area contributed by atoms with Gasteiger partial charge in [0.05, 0.1) is 19.4 Å². The summed E-state index contributed by atoms with van der Waals surface area (Å²) in [7, 11) is 1.59. The number of aliphatic hydroxyl groups excluding tert-OH is 1. The first-order valence-corrected chi connectivity index (χ1v) is 7.04. The molecule has 2 aromatic rings. The zero-order valence-electron chi connectivity index (χ0n) is 11.0. The topological polar surface area (TPSA) is 42.4 Å². The minimum absolute atomic E-state index is 0.547. The molecule has 2 rings (SSSR count). The molecule has 0 fully saturated rings. The molecule has 1 atom stereocenters. The Bertz CT molecular complexity index is 528. The van der Waals surface area contributed by atoms with Gasteiger partial charge in [-0.1, -0.05) is 17.7 Å². The van der Waals surface area contributed by atoms with Crippen LogP contribution in [-0.4, -0.2) is 23.0 Å². The van der Waals surface area contributed by atoms with E-state index in [0.717, 1.165) is 10.5 Å². The van der Waals surface area contributed by atoms with Crippen LogP contribution in [0.3, 0.4) is 0 Å². The number of thioether (sulfide) groups is 1. The van der Waals surface area contributed by atoms with Crippen LogP contribution in [-0.2, 0) is 0 Å². The minimum Gasteiger partial charge on any atom is -0.495 e. The summed E-state index contributed by atoms with van der Waals surface area (Å²) in [6, 6.07) is 10.1. The second-order valence-corrected chi connectivity index (χ2v) is 5.39. The SMILES string of the molecule is COc1cncc(C(O)CSc2ccc(C)cc2)c1. The lowest BCUT2D eigenvalue weighted by atomic mass is 10.2. The molecular weight excluding hydrogens is 258 g/mol. The van der Waals surface area contributed by atoms with E-state index in [4.69, 9.17) is 4.74 Å². The van der Waals surface area contributed by atoms with Crippen LogP contribution in [0.25, 0.3) is 0 Å². The smallest absolute Gasteiger partial charge is 0.137 e. The number of benzene rings is 1. The second kappa shape index (κ2) is 6.59. The number of aromatic nitrogens is 1. The number of rotatable bonds is 5. The number of aliphatic hydroxyl groups is 1. The van der Waals surface area contributed by atoms with Gasteiger partial charge in [-0.15, -0.1) is 11.8 Å². The quantitative estimate of drug-likeness (QED) is 0.851. The molecule has 0 aliphatic carbocycles. The highest BCUT2D eigenvalue weighted by Gasteiger charge is 2.09. The average molecular weight is 275 g/mol. The summed E-state index contributed by atoms with van der Waals surface area (Å²) in [6.07, 6.45) is 2.75. The Morgan fingerprint density at radius 3 is 2.68 bits per heavy atom. The summed E-state index contributed by atoms with van der Waals surface area (Å²) in [5, 5.41) is 10.1. The van der Waals surface area contributed by atoms with Crippen LogP contribution in [0.4, 0.5) is 0 Å². The van der Waals surface area contributed by atoms with Crippen molar-refractivity contribution in [3.05, 3.63) is 53.9 Å². The van der Waals surface area contributed by atoms with E-state index in [0.29, 0.717) is 11.5 Å². The summed E-state index contributed by atoms with van der Waals surface area (Å²) >= 11 is 1.63. The van der Waals surface area contributed by atoms with Gasteiger partial charge < -0.3 is 9.84 Å². The van der Waals surface area contributed by atoms with Crippen LogP contribution < -0.4 is 4.74 Å². The molecule has 0 aliphatic rings. The summed E-state index contributed by atoms with van der Waals surface area (Å²) in [6.45, 7) is 2.06. The Labute approximate surface area is 117 Å². The van der Waals surface area contributed by atoms with Gasteiger partial charge in [-0.2, -0.15) is 0 Å². The second-order valence-electron chi connectivity index (χ2n) is 4.30. The van der Waals surface area contributed by atoms with Crippen molar-refractivity contribution in [2.75, 3.05) is 12.9 Å². The van der Waals surface area contributed by atoms with Crippen molar-refractivity contribution >= 4 is 11.8 Å². The maximum Gasteiger partial charge on any atom is 0.137 e. The summed E-state index contributed by atoms with van der Waals surface area (Å²) in [5.74, 6) is 1.26. The predicted molar refractivity (Wildman–Crippen MR) is 77.7 cm³/mol. The van der Waals surface area contributed by atoms with Crippen LogP contribution in [0, 0.1) is 6.92 Å². The summed E-state index contributed by atoms with van der Waals surface area (Å²) < 4.78 is 5.10. The van der Waals surface area contributed by atoms with Gasteiger partial charge in [-0.25, -0.2) is 0 Å². The van der Waals surface area contributed by atoms with Gasteiger partial charge in [-0.3, -0.25) is 4.98 Å². The lowest BCUT2D eigenvalue weighted by Gasteiger charge is -2.11. The van der Waals surface area contributed by atoms with Crippen LogP contribution in [0.15, 0.2) is 47.6 Å². The van der Waals surface area contributed by atoms with Gasteiger partial charge in [0.15, 0.2) is 0 Å². The van der Waals surface area contributed by atoms with E-state index in [1.165, 1.54) is 5.56 Å². The maximum absolute atomic E-state index is 10.1. The molecule has 0 spiro atoms. The lowest BCUT2D eigenvalue weighted by molar-refractivity contribution is 0.203. The van der Waals surface area contributed by atoms with E-state index in [-0.39, 0.29) is 0 Å². The Kier molecular flexibility index (Phi) is 4.82. The van der Waals surface area contributed by atoms with Crippen LogP contribution in [0.5, 0.6) is 5.75 Å². The first kappa shape index (κ1) is 13.9. The molecule has 0 saturated carbocycles. The van der Waals surface area contributed by atoms with E-state index in [2.05, 4.69) is 36.2 Å². The molecule has 3 nitrogen and oxygen atoms in total. The molecule has 1 N–H and O–H groups in total. The Morgan fingerprint density at radius 1 is 1.26 bits per heavy atom. The van der Waals surface area contributed by atoms with Crippen LogP contribution in [0.1, 0.15) is 17.2 Å². The number of methoxy groups -OCH3 is 1. The molecule has 19 heavy (non-hydrogen) atoms. The van der Waals surface area contributed by atoms with Crippen molar-refractivity contribution < 1.29 is 9.84 Å². The van der Waals surface area contributed by atoms with E-state index < -0.39 is 6.10 Å². The number of nitrogens with zero attached hydrogens (tertiary/aromatic N) is 1. The molecule has 0 aliphatic heterocycles. The van der Waals surface area contributed by atoms with Crippen LogP contribution >= 0.6 is 11.8 Å². The summed E-state index contributed by atoms with van der Waals surface area (Å²) in [4.78, 5) is 5.20. The van der Waals surface area contributed by atoms with Gasteiger partial charge >= 0.3 is 0 Å². The molecule has 1 unspecified atom stereocenters. The normalized spacial score (nSPS) is 12.2. The molecule has 0 radical (unpaired) electrons. The third-order valence-electron chi connectivity index (χ3n) is 2.78. The highest BCUT2D eigenvalue weighted by Crippen LogP contribution is 2.26. The number of aryl methyl sites for hydroxylation is 1. The van der Waals surface area contributed by atoms with Gasteiger partial charge in [-0.05, 0) is 25.1 Å². The van der Waals surface area contributed by atoms with Crippen molar-refractivity contribution in [3.8, 4) is 5.75 Å². The standard InChI is InChI=1S/C15H17NO2S/c1-11-3-5-14(6-4-11)19-10-15(17)12-7-13(18-2)9-16-8-12/h3-9,15,17H,10H2,1-2H3. The molecule has 1 aromatic heterocycles. The van der Waals surface area contributed by atoms with Crippen LogP contribution in [0.2, 0.25) is 0 Å². The monoisotopic (exact) mass is 275 g/mol. The summed E-state index contributed by atoms with van der Waals surface area (Å²) in [5.41, 5.74) is 2.01. The van der Waals surface area contributed by atoms with Gasteiger partial charge in [0.1, 0.15) is 5.75 Å². The highest BCUT2D eigenvalue weighted by atomic mass is 32.2. The fourth-order valence-electron chi connectivity index (χ4n) is 1.64. The molecule has 0 bridgehead atoms. The first-order valence-electron chi connectivity index (χ1n) is 6.05. The van der Waals surface area contributed by atoms with Gasteiger partial charge in [0.2, 0.25) is 0 Å². The molecule has 100 valence electrons. The molecule has 4 heteroatoms. The van der Waals surface area contributed by atoms with Crippen molar-refractivity contribution in [3.63, 3.8) is 0 Å². The van der Waals surface area contributed by atoms with Gasteiger partial charge in [0.25, 0.3) is 0 Å². The molecule has 1 heterocycles. The highest BCUT2D eigenvalue weighted by molar-refractivity contribution is 7.99. The Morgan fingerprint density at radius 2 is 2.00 bits per heavy atom. The maximum atomic E-state index is 10.1.